The van der Waals surface area contributed by atoms with Crippen LogP contribution in [-0.2, 0) is 17.5 Å². The zero-order valence-electron chi connectivity index (χ0n) is 15.6. The number of oxazole rings is 1. The fourth-order valence-corrected chi connectivity index (χ4v) is 2.91. The van der Waals surface area contributed by atoms with E-state index in [4.69, 9.17) is 16.0 Å². The number of carbonyl (C=O) groups is 1. The molecule has 10 heteroatoms. The minimum Gasteiger partial charge on any atom is -0.439 e. The van der Waals surface area contributed by atoms with Gasteiger partial charge in [0, 0.05) is 11.3 Å². The predicted octanol–water partition coefficient (Wildman–Crippen LogP) is 5.22. The number of hydrogen-bond donors (Lipinski definition) is 1. The molecular weight excluding hydrogens is 426 g/mol. The molecule has 0 aliphatic heterocycles. The van der Waals surface area contributed by atoms with E-state index in [9.17, 15) is 22.4 Å². The van der Waals surface area contributed by atoms with Crippen LogP contribution in [0.2, 0.25) is 5.02 Å². The standard InChI is InChI=1S/C20H16ClF4N3O2/c1-28(11-19-26-9-17(30-19)12-2-4-13(22)5-3-12)10-18(29)27-14-6-7-16(21)15(8-14)20(23,24)25/h2-9H,10-11H2,1H3,(H,27,29). The van der Waals surface area contributed by atoms with E-state index in [1.165, 1.54) is 24.4 Å². The van der Waals surface area contributed by atoms with Gasteiger partial charge in [-0.3, -0.25) is 9.69 Å². The number of aromatic nitrogens is 1. The summed E-state index contributed by atoms with van der Waals surface area (Å²) in [4.78, 5) is 17.9. The van der Waals surface area contributed by atoms with Gasteiger partial charge in [0.2, 0.25) is 11.8 Å². The largest absolute Gasteiger partial charge is 0.439 e. The zero-order valence-corrected chi connectivity index (χ0v) is 16.4. The van der Waals surface area contributed by atoms with Gasteiger partial charge in [0.05, 0.1) is 29.9 Å². The molecule has 2 aromatic carbocycles. The third kappa shape index (κ3) is 5.58. The van der Waals surface area contributed by atoms with Crippen LogP contribution < -0.4 is 5.32 Å². The first kappa shape index (κ1) is 21.8. The number of halogens is 5. The Balaban J connectivity index is 1.58. The van der Waals surface area contributed by atoms with Gasteiger partial charge in [-0.2, -0.15) is 13.2 Å². The Morgan fingerprint density at radius 1 is 1.20 bits per heavy atom. The second-order valence-corrected chi connectivity index (χ2v) is 6.95. The predicted molar refractivity (Wildman–Crippen MR) is 103 cm³/mol. The number of anilines is 1. The van der Waals surface area contributed by atoms with Crippen LogP contribution in [0.1, 0.15) is 11.5 Å². The third-order valence-electron chi connectivity index (χ3n) is 4.06. The summed E-state index contributed by atoms with van der Waals surface area (Å²) in [6, 6.07) is 8.86. The number of hydrogen-bond acceptors (Lipinski definition) is 4. The summed E-state index contributed by atoms with van der Waals surface area (Å²) >= 11 is 5.57. The highest BCUT2D eigenvalue weighted by atomic mass is 35.5. The molecule has 158 valence electrons. The quantitative estimate of drug-likeness (QED) is 0.533. The summed E-state index contributed by atoms with van der Waals surface area (Å²) in [5, 5.41) is 1.96. The Morgan fingerprint density at radius 2 is 1.90 bits per heavy atom. The van der Waals surface area contributed by atoms with E-state index < -0.39 is 22.7 Å². The molecule has 0 spiro atoms. The molecule has 0 aliphatic carbocycles. The number of nitrogens with one attached hydrogen (secondary N) is 1. The molecule has 1 heterocycles. The molecule has 0 atom stereocenters. The van der Waals surface area contributed by atoms with Gasteiger partial charge in [0.15, 0.2) is 5.76 Å². The highest BCUT2D eigenvalue weighted by Gasteiger charge is 2.33. The SMILES string of the molecule is CN(CC(=O)Nc1ccc(Cl)c(C(F)(F)F)c1)Cc1ncc(-c2ccc(F)cc2)o1. The zero-order chi connectivity index (χ0) is 21.9. The van der Waals surface area contributed by atoms with Crippen molar-refractivity contribution in [2.24, 2.45) is 0 Å². The smallest absolute Gasteiger partial charge is 0.417 e. The van der Waals surface area contributed by atoms with Gasteiger partial charge >= 0.3 is 6.18 Å². The lowest BCUT2D eigenvalue weighted by Gasteiger charge is -2.15. The Labute approximate surface area is 174 Å². The monoisotopic (exact) mass is 441 g/mol. The van der Waals surface area contributed by atoms with Gasteiger partial charge in [-0.1, -0.05) is 11.6 Å². The van der Waals surface area contributed by atoms with Gasteiger partial charge in [0.1, 0.15) is 5.82 Å². The number of benzene rings is 2. The second kappa shape index (κ2) is 8.85. The average Bonchev–Trinajstić information content (AvgIpc) is 3.11. The highest BCUT2D eigenvalue weighted by molar-refractivity contribution is 6.31. The Hall–Kier alpha value is -2.91. The molecule has 0 aliphatic rings. The number of nitrogens with zero attached hydrogens (tertiary/aromatic N) is 2. The van der Waals surface area contributed by atoms with Crippen molar-refractivity contribution in [3.63, 3.8) is 0 Å². The van der Waals surface area contributed by atoms with Crippen LogP contribution in [0.4, 0.5) is 23.2 Å². The van der Waals surface area contributed by atoms with Crippen LogP contribution >= 0.6 is 11.6 Å². The first-order valence-corrected chi connectivity index (χ1v) is 9.05. The number of likely N-dealkylation sites (N-methyl/N-ethyl adjacent to an activating group) is 1. The molecule has 5 nitrogen and oxygen atoms in total. The molecular formula is C20H16ClF4N3O2. The van der Waals surface area contributed by atoms with Crippen molar-refractivity contribution in [1.82, 2.24) is 9.88 Å². The fourth-order valence-electron chi connectivity index (χ4n) is 2.68. The van der Waals surface area contributed by atoms with Crippen molar-refractivity contribution in [2.45, 2.75) is 12.7 Å². The molecule has 0 radical (unpaired) electrons. The third-order valence-corrected chi connectivity index (χ3v) is 4.39. The maximum Gasteiger partial charge on any atom is 0.417 e. The van der Waals surface area contributed by atoms with Crippen LogP contribution in [-0.4, -0.2) is 29.4 Å². The van der Waals surface area contributed by atoms with Crippen molar-refractivity contribution in [2.75, 3.05) is 18.9 Å². The number of rotatable bonds is 6. The van der Waals surface area contributed by atoms with Gasteiger partial charge < -0.3 is 9.73 Å². The van der Waals surface area contributed by atoms with Crippen molar-refractivity contribution >= 4 is 23.2 Å². The molecule has 1 aromatic heterocycles. The maximum absolute atomic E-state index is 13.0. The van der Waals surface area contributed by atoms with E-state index in [0.717, 1.165) is 12.1 Å². The number of alkyl halides is 3. The van der Waals surface area contributed by atoms with Crippen LogP contribution in [0.3, 0.4) is 0 Å². The lowest BCUT2D eigenvalue weighted by Crippen LogP contribution is -2.30. The summed E-state index contributed by atoms with van der Waals surface area (Å²) in [6.07, 6.45) is -3.13. The molecule has 0 saturated heterocycles. The Morgan fingerprint density at radius 3 is 2.57 bits per heavy atom. The first-order valence-electron chi connectivity index (χ1n) is 8.67. The lowest BCUT2D eigenvalue weighted by atomic mass is 10.2. The molecule has 0 unspecified atom stereocenters. The van der Waals surface area contributed by atoms with E-state index in [2.05, 4.69) is 10.3 Å². The highest BCUT2D eigenvalue weighted by Crippen LogP contribution is 2.36. The molecule has 30 heavy (non-hydrogen) atoms. The minimum absolute atomic E-state index is 0.0140. The molecule has 0 saturated carbocycles. The Kier molecular flexibility index (Phi) is 6.42. The van der Waals surface area contributed by atoms with E-state index >= 15 is 0 Å². The normalized spacial score (nSPS) is 11.7. The first-order chi connectivity index (χ1) is 14.1. The van der Waals surface area contributed by atoms with Gasteiger partial charge in [-0.05, 0) is 49.5 Å². The molecule has 0 fully saturated rings. The fraction of sp³-hybridized carbons (Fsp3) is 0.200. The number of carbonyl (C=O) groups excluding carboxylic acids is 1. The van der Waals surface area contributed by atoms with Gasteiger partial charge in [0.25, 0.3) is 0 Å². The summed E-state index contributed by atoms with van der Waals surface area (Å²) < 4.78 is 57.4. The molecule has 3 rings (SSSR count). The van der Waals surface area contributed by atoms with Crippen molar-refractivity contribution in [3.05, 3.63) is 71.0 Å². The summed E-state index contributed by atoms with van der Waals surface area (Å²) in [5.41, 5.74) is -0.387. The summed E-state index contributed by atoms with van der Waals surface area (Å²) in [7, 11) is 1.63. The number of amides is 1. The maximum atomic E-state index is 13.0. The van der Waals surface area contributed by atoms with E-state index in [0.29, 0.717) is 17.2 Å². The van der Waals surface area contributed by atoms with E-state index in [1.807, 2.05) is 0 Å². The van der Waals surface area contributed by atoms with E-state index in [1.54, 1.807) is 24.1 Å². The molecule has 1 amide bonds. The van der Waals surface area contributed by atoms with Crippen LogP contribution in [0.5, 0.6) is 0 Å². The van der Waals surface area contributed by atoms with Crippen molar-refractivity contribution in [1.29, 1.82) is 0 Å². The molecule has 0 bridgehead atoms. The van der Waals surface area contributed by atoms with Gasteiger partial charge in [-0.15, -0.1) is 0 Å². The van der Waals surface area contributed by atoms with Crippen LogP contribution in [0, 0.1) is 5.82 Å². The van der Waals surface area contributed by atoms with Crippen LogP contribution in [0.25, 0.3) is 11.3 Å². The van der Waals surface area contributed by atoms with Crippen molar-refractivity contribution < 1.29 is 26.8 Å². The topological polar surface area (TPSA) is 58.4 Å². The van der Waals surface area contributed by atoms with Crippen LogP contribution in [0.15, 0.2) is 53.1 Å². The van der Waals surface area contributed by atoms with Crippen molar-refractivity contribution in [3.8, 4) is 11.3 Å². The minimum atomic E-state index is -4.62. The van der Waals surface area contributed by atoms with Gasteiger partial charge in [-0.25, -0.2) is 9.37 Å². The molecule has 1 N–H and O–H groups in total. The average molecular weight is 442 g/mol. The Bertz CT molecular complexity index is 1040. The van der Waals surface area contributed by atoms with E-state index in [-0.39, 0.29) is 24.6 Å². The lowest BCUT2D eigenvalue weighted by molar-refractivity contribution is -0.137. The summed E-state index contributed by atoms with van der Waals surface area (Å²) in [5.74, 6) is -0.107. The second-order valence-electron chi connectivity index (χ2n) is 6.54. The molecule has 3 aromatic rings. The summed E-state index contributed by atoms with van der Waals surface area (Å²) in [6.45, 7) is 0.0707.